The van der Waals surface area contributed by atoms with Crippen molar-refractivity contribution in [2.75, 3.05) is 13.7 Å². The molecule has 0 radical (unpaired) electrons. The van der Waals surface area contributed by atoms with Crippen LogP contribution in [-0.2, 0) is 20.0 Å². The van der Waals surface area contributed by atoms with Crippen molar-refractivity contribution in [3.8, 4) is 23.0 Å². The van der Waals surface area contributed by atoms with Gasteiger partial charge in [-0.2, -0.15) is 13.2 Å². The van der Waals surface area contributed by atoms with Gasteiger partial charge in [0.1, 0.15) is 33.0 Å². The number of hydrogen-bond acceptors (Lipinski definition) is 9. The van der Waals surface area contributed by atoms with Crippen molar-refractivity contribution in [1.82, 2.24) is 0 Å². The van der Waals surface area contributed by atoms with Crippen LogP contribution in [0.15, 0.2) is 111 Å². The predicted molar refractivity (Wildman–Crippen MR) is 179 cm³/mol. The van der Waals surface area contributed by atoms with Gasteiger partial charge in [0.05, 0.1) is 0 Å². The third-order valence-electron chi connectivity index (χ3n) is 6.20. The molecule has 0 aliphatic rings. The number of halogens is 3. The van der Waals surface area contributed by atoms with Crippen LogP contribution in [0.3, 0.4) is 0 Å². The van der Waals surface area contributed by atoms with E-state index >= 15 is 0 Å². The minimum Gasteiger partial charge on any atom is -0.430 e. The first-order valence-corrected chi connectivity index (χ1v) is 20.3. The summed E-state index contributed by atoms with van der Waals surface area (Å²) in [5.74, 6) is 1.11. The molecule has 4 rings (SSSR count). The molecule has 0 aliphatic heterocycles. The van der Waals surface area contributed by atoms with E-state index in [4.69, 9.17) is 22.6 Å². The van der Waals surface area contributed by atoms with Crippen LogP contribution in [-0.4, -0.2) is 36.1 Å². The van der Waals surface area contributed by atoms with Crippen molar-refractivity contribution in [3.63, 3.8) is 0 Å². The molecule has 4 aromatic rings. The van der Waals surface area contributed by atoms with Crippen molar-refractivity contribution in [2.24, 2.45) is 9.26 Å². The van der Waals surface area contributed by atoms with Crippen LogP contribution in [0.4, 0.5) is 13.2 Å². The average Bonchev–Trinajstić information content (AvgIpc) is 3.00. The van der Waals surface area contributed by atoms with Crippen LogP contribution in [0, 0.1) is 20.8 Å². The normalized spacial score (nSPS) is 13.3. The molecule has 11 nitrogen and oxygen atoms in total. The van der Waals surface area contributed by atoms with Crippen molar-refractivity contribution < 1.29 is 77.7 Å². The molecule has 0 aromatic heterocycles. The molecule has 0 fully saturated rings. The number of alkyl halides is 3. The van der Waals surface area contributed by atoms with E-state index in [1.54, 1.807) is 55.2 Å². The maximum Gasteiger partial charge on any atom is 1.00 e. The largest absolute Gasteiger partial charge is 1.00 e. The summed E-state index contributed by atoms with van der Waals surface area (Å²) in [4.78, 5) is -0.824. The summed E-state index contributed by atoms with van der Waals surface area (Å²) >= 11 is 0. The number of benzene rings is 4. The van der Waals surface area contributed by atoms with E-state index in [2.05, 4.69) is 8.87 Å². The quantitative estimate of drug-likeness (QED) is 0.119. The third kappa shape index (κ3) is 11.1. The van der Waals surface area contributed by atoms with Crippen LogP contribution in [0.25, 0.3) is 4.13 Å². The summed E-state index contributed by atoms with van der Waals surface area (Å²) in [6, 6.07) is 25.1. The van der Waals surface area contributed by atoms with Crippen molar-refractivity contribution in [1.29, 1.82) is 0 Å². The Kier molecular flexibility index (Phi) is 13.3. The summed E-state index contributed by atoms with van der Waals surface area (Å²) in [5, 5.41) is 0. The first-order chi connectivity index (χ1) is 22.3. The molecule has 0 heterocycles. The molecule has 0 bridgehead atoms. The molecule has 4 aromatic carbocycles. The van der Waals surface area contributed by atoms with Gasteiger partial charge in [0.25, 0.3) is 0 Å². The molecule has 1 unspecified atom stereocenters. The molecule has 0 saturated heterocycles. The zero-order valence-corrected chi connectivity index (χ0v) is 32.6. The van der Waals surface area contributed by atoms with Gasteiger partial charge in [0, 0.05) is 18.6 Å². The molecule has 49 heavy (non-hydrogen) atoms. The number of nitrogens with zero attached hydrogens (tertiary/aromatic N) is 3. The van der Waals surface area contributed by atoms with Gasteiger partial charge in [-0.1, -0.05) is 53.1 Å². The fourth-order valence-corrected chi connectivity index (χ4v) is 10.6. The Labute approximate surface area is 306 Å². The number of sulfonamides is 2. The Hall–Kier alpha value is -2.81. The number of aryl methyl sites for hydroxylation is 3. The molecule has 0 N–H and O–H groups in total. The smallest absolute Gasteiger partial charge is 0.430 e. The van der Waals surface area contributed by atoms with Gasteiger partial charge in [0.2, 0.25) is 0 Å². The molecular weight excluding hydrogens is 736 g/mol. The predicted octanol–water partition coefficient (Wildman–Crippen LogP) is 6.38. The van der Waals surface area contributed by atoms with Crippen LogP contribution >= 0.6 is 15.2 Å². The molecule has 0 spiro atoms. The zero-order chi connectivity index (χ0) is 35.4. The van der Waals surface area contributed by atoms with Gasteiger partial charge < -0.3 is 22.2 Å². The van der Waals surface area contributed by atoms with E-state index in [-0.39, 0.29) is 35.3 Å². The van der Waals surface area contributed by atoms with Gasteiger partial charge in [-0.15, -0.1) is 4.52 Å². The van der Waals surface area contributed by atoms with Gasteiger partial charge in [0.15, 0.2) is 10.0 Å². The van der Waals surface area contributed by atoms with Crippen molar-refractivity contribution in [3.05, 3.63) is 118 Å². The first kappa shape index (κ1) is 40.6. The van der Waals surface area contributed by atoms with E-state index in [0.717, 1.165) is 41.0 Å². The average molecular weight is 768 g/mol. The first-order valence-electron chi connectivity index (χ1n) is 13.8. The Balaban J connectivity index is 0.00000650. The Morgan fingerprint density at radius 1 is 0.612 bits per heavy atom. The summed E-state index contributed by atoms with van der Waals surface area (Å²) in [5.41, 5.74) is -2.99. The monoisotopic (exact) mass is 767 g/mol. The van der Waals surface area contributed by atoms with E-state index in [0.29, 0.717) is 17.2 Å². The fourth-order valence-electron chi connectivity index (χ4n) is 3.79. The van der Waals surface area contributed by atoms with Crippen molar-refractivity contribution >= 4 is 35.2 Å². The molecule has 258 valence electrons. The van der Waals surface area contributed by atoms with Crippen LogP contribution in [0.5, 0.6) is 23.0 Å². The fraction of sp³-hybridized carbons (Fsp3) is 0.200. The SMILES string of the molecule is CN=P(N=P(C)(Oc1ccc(C)cc1)Oc1ccc(S(=O)(=O)[N-]S(=O)(=O)C(F)(F)F)cc1)(Oc1ccc(C)cc1)Oc1ccc(C)cc1.[Na+]. The third-order valence-corrected chi connectivity index (χ3v) is 13.9. The second-order valence-electron chi connectivity index (χ2n) is 10.3. The second kappa shape index (κ2) is 16.0. The van der Waals surface area contributed by atoms with Crippen LogP contribution in [0.2, 0.25) is 0 Å². The molecule has 0 aliphatic carbocycles. The molecule has 0 amide bonds. The Morgan fingerprint density at radius 2 is 0.939 bits per heavy atom. The van der Waals surface area contributed by atoms with Gasteiger partial charge in [-0.05, 0) is 81.4 Å². The van der Waals surface area contributed by atoms with E-state index in [1.165, 1.54) is 7.05 Å². The summed E-state index contributed by atoms with van der Waals surface area (Å²) in [7, 11) is -17.3. The molecular formula is C30H31F3N3NaO8P2S2. The van der Waals surface area contributed by atoms with Crippen LogP contribution in [0.1, 0.15) is 16.7 Å². The maximum absolute atomic E-state index is 12.8. The number of hydrogen-bond donors (Lipinski definition) is 0. The van der Waals surface area contributed by atoms with Gasteiger partial charge in [-0.25, -0.2) is 21.6 Å². The standard InChI is InChI=1S/C30H31F3N3O8P2S2.Na/c1-22-6-12-25(13-7-22)41-45(5,42-26-18-20-29(21-19-26)47(37,38)36-48(39,40)30(31,32)33)35-46(34-4,43-27-14-8-23(2)9-15-27)44-28-16-10-24(3)11-17-28;/h6-21H,1-5H3;/q-1;+1. The second-order valence-corrected chi connectivity index (χ2v) is 18.2. The van der Waals surface area contributed by atoms with E-state index < -0.39 is 45.6 Å². The summed E-state index contributed by atoms with van der Waals surface area (Å²) < 4.78 is 123. The maximum atomic E-state index is 12.8. The molecule has 19 heteroatoms. The molecule has 0 saturated carbocycles. The Morgan fingerprint density at radius 3 is 1.27 bits per heavy atom. The zero-order valence-electron chi connectivity index (χ0n) is 27.2. The number of rotatable bonds is 12. The molecule has 1 atom stereocenters. The van der Waals surface area contributed by atoms with Crippen LogP contribution < -0.4 is 47.7 Å². The minimum absolute atomic E-state index is 0. The van der Waals surface area contributed by atoms with Crippen molar-refractivity contribution in [2.45, 2.75) is 31.2 Å². The van der Waals surface area contributed by atoms with E-state index in [1.807, 2.05) is 45.0 Å². The van der Waals surface area contributed by atoms with E-state index in [9.17, 15) is 30.0 Å². The topological polar surface area (TPSA) is 144 Å². The minimum atomic E-state index is -6.32. The van der Waals surface area contributed by atoms with Gasteiger partial charge in [-0.3, -0.25) is 0 Å². The summed E-state index contributed by atoms with van der Waals surface area (Å²) in [6.07, 6.45) is 0. The Bertz CT molecular complexity index is 2030. The summed E-state index contributed by atoms with van der Waals surface area (Å²) in [6.45, 7) is 7.25. The van der Waals surface area contributed by atoms with Gasteiger partial charge >= 0.3 is 50.2 Å².